The smallest absolute Gasteiger partial charge is 0.235 e. The van der Waals surface area contributed by atoms with E-state index in [1.165, 1.54) is 0 Å². The molecule has 0 amide bonds. The van der Waals surface area contributed by atoms with Crippen LogP contribution in [-0.4, -0.2) is 14.4 Å². The fraction of sp³-hybridized carbons (Fsp3) is 0.250. The Bertz CT molecular complexity index is 449. The van der Waals surface area contributed by atoms with Crippen molar-refractivity contribution in [3.63, 3.8) is 0 Å². The van der Waals surface area contributed by atoms with E-state index < -0.39 is 0 Å². The SMILES string of the molecule is Cc1cc(CN)nc2nc(Cl)cn12. The number of rotatable bonds is 1. The topological polar surface area (TPSA) is 56.2 Å². The molecule has 0 bridgehead atoms. The Labute approximate surface area is 80.4 Å². The van der Waals surface area contributed by atoms with Crippen LogP contribution in [-0.2, 0) is 6.54 Å². The number of imidazole rings is 1. The van der Waals surface area contributed by atoms with Gasteiger partial charge in [0.15, 0.2) is 0 Å². The van der Waals surface area contributed by atoms with Crippen LogP contribution >= 0.6 is 11.6 Å². The number of nitrogens with two attached hydrogens (primary N) is 1. The van der Waals surface area contributed by atoms with E-state index >= 15 is 0 Å². The summed E-state index contributed by atoms with van der Waals surface area (Å²) < 4.78 is 1.83. The van der Waals surface area contributed by atoms with Crippen molar-refractivity contribution in [2.24, 2.45) is 5.73 Å². The third kappa shape index (κ3) is 1.38. The molecule has 13 heavy (non-hydrogen) atoms. The van der Waals surface area contributed by atoms with Crippen molar-refractivity contribution in [1.82, 2.24) is 14.4 Å². The number of aromatic nitrogens is 3. The first-order chi connectivity index (χ1) is 6.20. The summed E-state index contributed by atoms with van der Waals surface area (Å²) in [4.78, 5) is 8.26. The maximum absolute atomic E-state index is 5.75. The molecule has 0 radical (unpaired) electrons. The first-order valence-electron chi connectivity index (χ1n) is 3.92. The van der Waals surface area contributed by atoms with Crippen molar-refractivity contribution < 1.29 is 0 Å². The van der Waals surface area contributed by atoms with Crippen LogP contribution in [0.1, 0.15) is 11.4 Å². The van der Waals surface area contributed by atoms with Gasteiger partial charge in [-0.2, -0.15) is 4.98 Å². The molecule has 4 nitrogen and oxygen atoms in total. The molecule has 2 N–H and O–H groups in total. The van der Waals surface area contributed by atoms with Gasteiger partial charge in [0.2, 0.25) is 5.78 Å². The molecule has 0 saturated carbocycles. The van der Waals surface area contributed by atoms with E-state index in [4.69, 9.17) is 17.3 Å². The van der Waals surface area contributed by atoms with Crippen molar-refractivity contribution in [2.75, 3.05) is 0 Å². The molecular formula is C8H9ClN4. The highest BCUT2D eigenvalue weighted by molar-refractivity contribution is 6.29. The fourth-order valence-electron chi connectivity index (χ4n) is 1.26. The number of hydrogen-bond acceptors (Lipinski definition) is 3. The van der Waals surface area contributed by atoms with Crippen molar-refractivity contribution in [1.29, 1.82) is 0 Å². The van der Waals surface area contributed by atoms with Gasteiger partial charge in [0, 0.05) is 18.4 Å². The summed E-state index contributed by atoms with van der Waals surface area (Å²) in [6.45, 7) is 2.38. The van der Waals surface area contributed by atoms with Crippen LogP contribution in [0.5, 0.6) is 0 Å². The Balaban J connectivity index is 2.75. The van der Waals surface area contributed by atoms with Gasteiger partial charge in [-0.15, -0.1) is 0 Å². The lowest BCUT2D eigenvalue weighted by Crippen LogP contribution is -2.03. The van der Waals surface area contributed by atoms with Gasteiger partial charge in [-0.3, -0.25) is 4.40 Å². The average Bonchev–Trinajstić information content (AvgIpc) is 2.46. The summed E-state index contributed by atoms with van der Waals surface area (Å²) in [5.41, 5.74) is 7.34. The summed E-state index contributed by atoms with van der Waals surface area (Å²) in [5, 5.41) is 0.449. The van der Waals surface area contributed by atoms with Crippen LogP contribution in [0, 0.1) is 6.92 Å². The minimum atomic E-state index is 0.418. The Morgan fingerprint density at radius 3 is 3.00 bits per heavy atom. The Kier molecular flexibility index (Phi) is 1.94. The second-order valence-corrected chi connectivity index (χ2v) is 3.21. The van der Waals surface area contributed by atoms with E-state index in [2.05, 4.69) is 9.97 Å². The maximum Gasteiger partial charge on any atom is 0.235 e. The highest BCUT2D eigenvalue weighted by Crippen LogP contribution is 2.11. The standard InChI is InChI=1S/C8H9ClN4/c1-5-2-6(3-10)11-8-12-7(9)4-13(5)8/h2,4H,3,10H2,1H3. The van der Waals surface area contributed by atoms with Gasteiger partial charge < -0.3 is 5.73 Å². The monoisotopic (exact) mass is 196 g/mol. The minimum Gasteiger partial charge on any atom is -0.325 e. The zero-order valence-electron chi connectivity index (χ0n) is 7.16. The van der Waals surface area contributed by atoms with Gasteiger partial charge in [-0.1, -0.05) is 11.6 Å². The molecule has 0 aliphatic heterocycles. The lowest BCUT2D eigenvalue weighted by atomic mass is 10.3. The van der Waals surface area contributed by atoms with E-state index in [9.17, 15) is 0 Å². The molecule has 2 aromatic rings. The summed E-state index contributed by atoms with van der Waals surface area (Å²) in [5.74, 6) is 0.602. The van der Waals surface area contributed by atoms with Gasteiger partial charge in [0.25, 0.3) is 0 Å². The molecular weight excluding hydrogens is 188 g/mol. The van der Waals surface area contributed by atoms with E-state index in [0.29, 0.717) is 17.5 Å². The average molecular weight is 197 g/mol. The van der Waals surface area contributed by atoms with Crippen molar-refractivity contribution >= 4 is 17.4 Å². The second kappa shape index (κ2) is 2.97. The Hall–Kier alpha value is -1.13. The molecule has 0 aliphatic carbocycles. The predicted octanol–water partition coefficient (Wildman–Crippen LogP) is 1.15. The molecule has 0 aliphatic rings. The Morgan fingerprint density at radius 1 is 1.54 bits per heavy atom. The maximum atomic E-state index is 5.75. The molecule has 0 saturated heterocycles. The van der Waals surface area contributed by atoms with Gasteiger partial charge in [-0.05, 0) is 13.0 Å². The zero-order chi connectivity index (χ0) is 9.42. The van der Waals surface area contributed by atoms with Crippen LogP contribution in [0.2, 0.25) is 5.15 Å². The highest BCUT2D eigenvalue weighted by atomic mass is 35.5. The fourth-order valence-corrected chi connectivity index (χ4v) is 1.43. The highest BCUT2D eigenvalue weighted by Gasteiger charge is 2.04. The van der Waals surface area contributed by atoms with Gasteiger partial charge in [-0.25, -0.2) is 4.98 Å². The van der Waals surface area contributed by atoms with Gasteiger partial charge in [0.1, 0.15) is 5.15 Å². The molecule has 0 fully saturated rings. The van der Waals surface area contributed by atoms with E-state index in [1.54, 1.807) is 6.20 Å². The Morgan fingerprint density at radius 2 is 2.31 bits per heavy atom. The quantitative estimate of drug-likeness (QED) is 0.745. The molecule has 0 spiro atoms. The number of nitrogens with zero attached hydrogens (tertiary/aromatic N) is 3. The van der Waals surface area contributed by atoms with Gasteiger partial charge >= 0.3 is 0 Å². The normalized spacial score (nSPS) is 11.0. The molecule has 0 unspecified atom stereocenters. The molecule has 5 heteroatoms. The second-order valence-electron chi connectivity index (χ2n) is 2.83. The third-order valence-electron chi connectivity index (χ3n) is 1.87. The van der Waals surface area contributed by atoms with Gasteiger partial charge in [0.05, 0.1) is 5.69 Å². The lowest BCUT2D eigenvalue weighted by Gasteiger charge is -2.01. The number of hydrogen-bond donors (Lipinski definition) is 1. The third-order valence-corrected chi connectivity index (χ3v) is 2.05. The van der Waals surface area contributed by atoms with Crippen molar-refractivity contribution in [3.8, 4) is 0 Å². The largest absolute Gasteiger partial charge is 0.325 e. The lowest BCUT2D eigenvalue weighted by molar-refractivity contribution is 0.939. The van der Waals surface area contributed by atoms with Crippen LogP contribution in [0.15, 0.2) is 12.3 Å². The molecule has 2 heterocycles. The first-order valence-corrected chi connectivity index (χ1v) is 4.29. The number of aryl methyl sites for hydroxylation is 1. The van der Waals surface area contributed by atoms with Crippen LogP contribution < -0.4 is 5.73 Å². The molecule has 2 aromatic heterocycles. The van der Waals surface area contributed by atoms with Crippen LogP contribution in [0.3, 0.4) is 0 Å². The number of fused-ring (bicyclic) bond motifs is 1. The predicted molar refractivity (Wildman–Crippen MR) is 50.6 cm³/mol. The minimum absolute atomic E-state index is 0.418. The summed E-state index contributed by atoms with van der Waals surface area (Å²) >= 11 is 5.75. The summed E-state index contributed by atoms with van der Waals surface area (Å²) in [6, 6.07) is 1.92. The first kappa shape index (κ1) is 8.47. The van der Waals surface area contributed by atoms with Crippen LogP contribution in [0.4, 0.5) is 0 Å². The molecule has 2 rings (SSSR count). The number of halogens is 1. The van der Waals surface area contributed by atoms with E-state index in [1.807, 2.05) is 17.4 Å². The molecule has 68 valence electrons. The molecule has 0 atom stereocenters. The zero-order valence-corrected chi connectivity index (χ0v) is 7.91. The van der Waals surface area contributed by atoms with E-state index in [-0.39, 0.29) is 0 Å². The summed E-state index contributed by atoms with van der Waals surface area (Å²) in [6.07, 6.45) is 1.74. The molecule has 0 aromatic carbocycles. The van der Waals surface area contributed by atoms with Crippen LogP contribution in [0.25, 0.3) is 5.78 Å². The van der Waals surface area contributed by atoms with Crippen molar-refractivity contribution in [3.05, 3.63) is 28.8 Å². The van der Waals surface area contributed by atoms with E-state index in [0.717, 1.165) is 11.4 Å². The summed E-state index contributed by atoms with van der Waals surface area (Å²) in [7, 11) is 0. The van der Waals surface area contributed by atoms with Crippen molar-refractivity contribution in [2.45, 2.75) is 13.5 Å².